The van der Waals surface area contributed by atoms with Gasteiger partial charge in [0.05, 0.1) is 10.6 Å². The fraction of sp³-hybridized carbons (Fsp3) is 0.250. The van der Waals surface area contributed by atoms with Crippen LogP contribution in [0.15, 0.2) is 42.0 Å². The largest absolute Gasteiger partial charge is 0.368 e. The minimum Gasteiger partial charge on any atom is -0.368 e. The van der Waals surface area contributed by atoms with Crippen molar-refractivity contribution in [2.45, 2.75) is 13.8 Å². The number of thiophene rings is 1. The van der Waals surface area contributed by atoms with E-state index in [1.807, 2.05) is 43.5 Å². The van der Waals surface area contributed by atoms with E-state index in [1.54, 1.807) is 33.8 Å². The molecule has 0 fully saturated rings. The number of amides is 1. The second-order valence-electron chi connectivity index (χ2n) is 6.80. The van der Waals surface area contributed by atoms with Crippen LogP contribution >= 0.6 is 11.3 Å². The summed E-state index contributed by atoms with van der Waals surface area (Å²) in [5.74, 6) is 1.20. The molecule has 154 valence electrons. The SMILES string of the molecule is Cc1cc(C)n(-c2cc(NCCNC(=O)c3cc(-c4cccs4)nn3C)ncn2)n1. The molecular formula is C20H22N8OS. The average Bonchev–Trinajstić information content (AvgIpc) is 3.45. The summed E-state index contributed by atoms with van der Waals surface area (Å²) in [6, 6.07) is 9.58. The van der Waals surface area contributed by atoms with Crippen LogP contribution in [-0.4, -0.2) is 48.5 Å². The van der Waals surface area contributed by atoms with Gasteiger partial charge in [-0.3, -0.25) is 9.48 Å². The normalized spacial score (nSPS) is 10.9. The van der Waals surface area contributed by atoms with Crippen LogP contribution in [0, 0.1) is 13.8 Å². The zero-order valence-corrected chi connectivity index (χ0v) is 17.8. The molecular weight excluding hydrogens is 400 g/mol. The first-order valence-electron chi connectivity index (χ1n) is 9.47. The summed E-state index contributed by atoms with van der Waals surface area (Å²) in [5, 5.41) is 17.0. The Kier molecular flexibility index (Phi) is 5.57. The Balaban J connectivity index is 1.33. The van der Waals surface area contributed by atoms with Gasteiger partial charge < -0.3 is 10.6 Å². The highest BCUT2D eigenvalue weighted by Crippen LogP contribution is 2.23. The standard InChI is InChI=1S/C20H22N8OS/c1-13-9-14(2)28(25-13)19-11-18(23-12-24-19)21-6-7-22-20(29)16-10-15(26-27(16)3)17-5-4-8-30-17/h4-5,8-12H,6-7H2,1-3H3,(H,22,29)(H,21,23,24). The van der Waals surface area contributed by atoms with E-state index >= 15 is 0 Å². The zero-order chi connectivity index (χ0) is 21.1. The highest BCUT2D eigenvalue weighted by molar-refractivity contribution is 7.13. The van der Waals surface area contributed by atoms with Crippen molar-refractivity contribution in [3.63, 3.8) is 0 Å². The van der Waals surface area contributed by atoms with Crippen LogP contribution in [0.25, 0.3) is 16.4 Å². The molecule has 30 heavy (non-hydrogen) atoms. The summed E-state index contributed by atoms with van der Waals surface area (Å²) in [4.78, 5) is 22.1. The van der Waals surface area contributed by atoms with E-state index in [9.17, 15) is 4.79 Å². The minimum absolute atomic E-state index is 0.166. The van der Waals surface area contributed by atoms with Gasteiger partial charge in [0.25, 0.3) is 5.91 Å². The first-order valence-corrected chi connectivity index (χ1v) is 10.3. The fourth-order valence-electron chi connectivity index (χ4n) is 3.10. The molecule has 1 amide bonds. The van der Waals surface area contributed by atoms with Crippen LogP contribution in [0.3, 0.4) is 0 Å². The van der Waals surface area contributed by atoms with Crippen LogP contribution in [0.4, 0.5) is 5.82 Å². The van der Waals surface area contributed by atoms with Crippen LogP contribution in [-0.2, 0) is 7.05 Å². The second-order valence-corrected chi connectivity index (χ2v) is 7.75. The lowest BCUT2D eigenvalue weighted by molar-refractivity contribution is 0.0946. The number of carbonyl (C=O) groups excluding carboxylic acids is 1. The topological polar surface area (TPSA) is 103 Å². The van der Waals surface area contributed by atoms with Crippen molar-refractivity contribution in [2.75, 3.05) is 18.4 Å². The Morgan fingerprint density at radius 1 is 1.13 bits per heavy atom. The Morgan fingerprint density at radius 3 is 2.73 bits per heavy atom. The Hall–Kier alpha value is -3.53. The van der Waals surface area contributed by atoms with E-state index in [-0.39, 0.29) is 5.91 Å². The van der Waals surface area contributed by atoms with Gasteiger partial charge in [-0.2, -0.15) is 10.2 Å². The van der Waals surface area contributed by atoms with Gasteiger partial charge in [-0.15, -0.1) is 11.3 Å². The summed E-state index contributed by atoms with van der Waals surface area (Å²) in [5.41, 5.74) is 3.25. The van der Waals surface area contributed by atoms with E-state index in [0.717, 1.165) is 22.0 Å². The fourth-order valence-corrected chi connectivity index (χ4v) is 3.78. The average molecular weight is 423 g/mol. The van der Waals surface area contributed by atoms with Crippen molar-refractivity contribution in [1.29, 1.82) is 0 Å². The molecule has 0 radical (unpaired) electrons. The lowest BCUT2D eigenvalue weighted by Gasteiger charge is -2.09. The number of carbonyl (C=O) groups is 1. The molecule has 4 aromatic rings. The first kappa shape index (κ1) is 19.8. The third-order valence-electron chi connectivity index (χ3n) is 4.48. The van der Waals surface area contributed by atoms with Crippen LogP contribution in [0.1, 0.15) is 21.9 Å². The third-order valence-corrected chi connectivity index (χ3v) is 5.37. The van der Waals surface area contributed by atoms with Crippen molar-refractivity contribution in [3.8, 4) is 16.4 Å². The third kappa shape index (κ3) is 4.23. The van der Waals surface area contributed by atoms with Crippen molar-refractivity contribution >= 4 is 23.1 Å². The van der Waals surface area contributed by atoms with Gasteiger partial charge in [-0.25, -0.2) is 14.6 Å². The minimum atomic E-state index is -0.166. The van der Waals surface area contributed by atoms with Crippen molar-refractivity contribution in [2.24, 2.45) is 7.05 Å². The number of nitrogens with one attached hydrogen (secondary N) is 2. The van der Waals surface area contributed by atoms with Gasteiger partial charge in [0, 0.05) is 31.9 Å². The summed E-state index contributed by atoms with van der Waals surface area (Å²) in [7, 11) is 1.77. The second kappa shape index (κ2) is 8.46. The quantitative estimate of drug-likeness (QED) is 0.444. The highest BCUT2D eigenvalue weighted by atomic mass is 32.1. The maximum Gasteiger partial charge on any atom is 0.269 e. The van der Waals surface area contributed by atoms with Crippen molar-refractivity contribution < 1.29 is 4.79 Å². The van der Waals surface area contributed by atoms with E-state index in [4.69, 9.17) is 0 Å². The Morgan fingerprint density at radius 2 is 2.00 bits per heavy atom. The number of hydrogen-bond acceptors (Lipinski definition) is 7. The molecule has 0 saturated heterocycles. The summed E-state index contributed by atoms with van der Waals surface area (Å²) in [6.07, 6.45) is 1.49. The van der Waals surface area contributed by atoms with Crippen LogP contribution in [0.5, 0.6) is 0 Å². The Labute approximate surface area is 177 Å². The summed E-state index contributed by atoms with van der Waals surface area (Å²) in [6.45, 7) is 4.89. The summed E-state index contributed by atoms with van der Waals surface area (Å²) >= 11 is 1.59. The molecule has 0 spiro atoms. The number of hydrogen-bond donors (Lipinski definition) is 2. The zero-order valence-electron chi connectivity index (χ0n) is 17.0. The molecule has 0 aliphatic carbocycles. The van der Waals surface area contributed by atoms with Gasteiger partial charge in [-0.05, 0) is 37.4 Å². The molecule has 2 N–H and O–H groups in total. The maximum absolute atomic E-state index is 12.5. The Bertz CT molecular complexity index is 1160. The van der Waals surface area contributed by atoms with E-state index in [0.29, 0.717) is 30.4 Å². The predicted molar refractivity (Wildman–Crippen MR) is 116 cm³/mol. The molecule has 0 unspecified atom stereocenters. The molecule has 0 bridgehead atoms. The van der Waals surface area contributed by atoms with E-state index in [2.05, 4.69) is 30.8 Å². The molecule has 0 atom stereocenters. The van der Waals surface area contributed by atoms with Crippen LogP contribution in [0.2, 0.25) is 0 Å². The van der Waals surface area contributed by atoms with Gasteiger partial charge >= 0.3 is 0 Å². The first-order chi connectivity index (χ1) is 14.5. The number of anilines is 1. The predicted octanol–water partition coefficient (Wildman–Crippen LogP) is 2.58. The molecule has 0 aliphatic rings. The molecule has 0 aliphatic heterocycles. The number of rotatable bonds is 7. The number of nitrogens with zero attached hydrogens (tertiary/aromatic N) is 6. The molecule has 0 saturated carbocycles. The molecule has 4 aromatic heterocycles. The molecule has 4 heterocycles. The maximum atomic E-state index is 12.5. The number of aryl methyl sites for hydroxylation is 3. The monoisotopic (exact) mass is 422 g/mol. The van der Waals surface area contributed by atoms with Gasteiger partial charge in [-0.1, -0.05) is 6.07 Å². The molecule has 9 nitrogen and oxygen atoms in total. The van der Waals surface area contributed by atoms with Crippen molar-refractivity contribution in [3.05, 3.63) is 59.1 Å². The molecule has 4 rings (SSSR count). The van der Waals surface area contributed by atoms with Gasteiger partial charge in [0.1, 0.15) is 23.5 Å². The van der Waals surface area contributed by atoms with E-state index in [1.165, 1.54) is 6.33 Å². The summed E-state index contributed by atoms with van der Waals surface area (Å²) < 4.78 is 3.38. The lowest BCUT2D eigenvalue weighted by atomic mass is 10.3. The van der Waals surface area contributed by atoms with E-state index < -0.39 is 0 Å². The number of aromatic nitrogens is 6. The molecule has 10 heteroatoms. The smallest absolute Gasteiger partial charge is 0.269 e. The molecule has 0 aromatic carbocycles. The van der Waals surface area contributed by atoms with Gasteiger partial charge in [0.15, 0.2) is 5.82 Å². The highest BCUT2D eigenvalue weighted by Gasteiger charge is 2.14. The van der Waals surface area contributed by atoms with Gasteiger partial charge in [0.2, 0.25) is 0 Å². The lowest BCUT2D eigenvalue weighted by Crippen LogP contribution is -2.30. The van der Waals surface area contributed by atoms with Crippen molar-refractivity contribution in [1.82, 2.24) is 34.8 Å². The van der Waals surface area contributed by atoms with Crippen LogP contribution < -0.4 is 10.6 Å².